The first kappa shape index (κ1) is 14.6. The van der Waals surface area contributed by atoms with E-state index in [4.69, 9.17) is 4.74 Å². The number of carbonyl (C=O) groups excluding carboxylic acids is 2. The molecule has 2 rings (SSSR count). The van der Waals surface area contributed by atoms with Crippen molar-refractivity contribution in [3.05, 3.63) is 54.1 Å². The van der Waals surface area contributed by atoms with Gasteiger partial charge in [0.25, 0.3) is 5.91 Å². The Morgan fingerprint density at radius 3 is 2.38 bits per heavy atom. The SMILES string of the molecule is CC(=O)Oc1ccc(O)c(C(=O)N(C)c2ccccc2)c1. The van der Waals surface area contributed by atoms with Crippen molar-refractivity contribution in [2.24, 2.45) is 0 Å². The van der Waals surface area contributed by atoms with Crippen molar-refractivity contribution in [3.63, 3.8) is 0 Å². The highest BCUT2D eigenvalue weighted by atomic mass is 16.5. The van der Waals surface area contributed by atoms with Gasteiger partial charge in [0.1, 0.15) is 11.5 Å². The van der Waals surface area contributed by atoms with E-state index in [0.29, 0.717) is 5.69 Å². The minimum atomic E-state index is -0.490. The second-order valence-electron chi connectivity index (χ2n) is 4.47. The first-order valence-corrected chi connectivity index (χ1v) is 6.33. The van der Waals surface area contributed by atoms with Crippen LogP contribution in [0.4, 0.5) is 5.69 Å². The summed E-state index contributed by atoms with van der Waals surface area (Å²) in [5.41, 5.74) is 0.764. The van der Waals surface area contributed by atoms with Crippen molar-refractivity contribution in [2.45, 2.75) is 6.92 Å². The molecule has 1 N–H and O–H groups in total. The molecule has 0 aliphatic rings. The number of para-hydroxylation sites is 1. The number of benzene rings is 2. The van der Waals surface area contributed by atoms with Gasteiger partial charge in [0.2, 0.25) is 0 Å². The third-order valence-electron chi connectivity index (χ3n) is 2.91. The first-order chi connectivity index (χ1) is 9.99. The van der Waals surface area contributed by atoms with E-state index in [2.05, 4.69) is 0 Å². The molecule has 0 unspecified atom stereocenters. The fraction of sp³-hybridized carbons (Fsp3) is 0.125. The van der Waals surface area contributed by atoms with Crippen molar-refractivity contribution in [1.82, 2.24) is 0 Å². The Morgan fingerprint density at radius 1 is 1.10 bits per heavy atom. The average molecular weight is 285 g/mol. The molecule has 0 radical (unpaired) electrons. The molecule has 2 aromatic carbocycles. The van der Waals surface area contributed by atoms with Gasteiger partial charge in [0.05, 0.1) is 5.56 Å². The fourth-order valence-electron chi connectivity index (χ4n) is 1.87. The van der Waals surface area contributed by atoms with Gasteiger partial charge in [-0.05, 0) is 30.3 Å². The number of rotatable bonds is 3. The summed E-state index contributed by atoms with van der Waals surface area (Å²) in [7, 11) is 1.61. The van der Waals surface area contributed by atoms with E-state index in [1.54, 1.807) is 19.2 Å². The number of carbonyl (C=O) groups is 2. The number of phenolic OH excluding ortho intramolecular Hbond substituents is 1. The zero-order valence-electron chi connectivity index (χ0n) is 11.7. The van der Waals surface area contributed by atoms with E-state index in [0.717, 1.165) is 0 Å². The molecule has 5 nitrogen and oxygen atoms in total. The molecule has 5 heteroatoms. The second kappa shape index (κ2) is 6.09. The highest BCUT2D eigenvalue weighted by Gasteiger charge is 2.18. The number of esters is 1. The first-order valence-electron chi connectivity index (χ1n) is 6.33. The molecule has 0 bridgehead atoms. The van der Waals surface area contributed by atoms with Gasteiger partial charge in [-0.3, -0.25) is 9.59 Å². The molecule has 0 aliphatic carbocycles. The molecule has 0 aromatic heterocycles. The van der Waals surface area contributed by atoms with E-state index >= 15 is 0 Å². The van der Waals surface area contributed by atoms with Crippen LogP contribution in [0.2, 0.25) is 0 Å². The van der Waals surface area contributed by atoms with Crippen LogP contribution in [-0.4, -0.2) is 24.0 Å². The molecule has 2 aromatic rings. The van der Waals surface area contributed by atoms with Gasteiger partial charge in [-0.25, -0.2) is 0 Å². The van der Waals surface area contributed by atoms with Crippen LogP contribution in [0.25, 0.3) is 0 Å². The molecule has 0 aliphatic heterocycles. The Labute approximate surface area is 122 Å². The highest BCUT2D eigenvalue weighted by molar-refractivity contribution is 6.07. The number of hydrogen-bond donors (Lipinski definition) is 1. The van der Waals surface area contributed by atoms with Crippen LogP contribution < -0.4 is 9.64 Å². The highest BCUT2D eigenvalue weighted by Crippen LogP contribution is 2.26. The summed E-state index contributed by atoms with van der Waals surface area (Å²) >= 11 is 0. The number of aromatic hydroxyl groups is 1. The lowest BCUT2D eigenvalue weighted by Crippen LogP contribution is -2.26. The summed E-state index contributed by atoms with van der Waals surface area (Å²) in [6, 6.07) is 13.1. The molecule has 1 amide bonds. The predicted molar refractivity (Wildman–Crippen MR) is 78.6 cm³/mol. The molecular formula is C16H15NO4. The Kier molecular flexibility index (Phi) is 4.23. The molecule has 0 fully saturated rings. The van der Waals surface area contributed by atoms with Crippen LogP contribution in [0, 0.1) is 0 Å². The monoisotopic (exact) mass is 285 g/mol. The Morgan fingerprint density at radius 2 is 1.76 bits per heavy atom. The molecule has 0 heterocycles. The molecule has 0 spiro atoms. The minimum absolute atomic E-state index is 0.0695. The largest absolute Gasteiger partial charge is 0.507 e. The van der Waals surface area contributed by atoms with E-state index in [9.17, 15) is 14.7 Å². The van der Waals surface area contributed by atoms with Crippen molar-refractivity contribution >= 4 is 17.6 Å². The van der Waals surface area contributed by atoms with E-state index < -0.39 is 11.9 Å². The molecule has 0 saturated carbocycles. The summed E-state index contributed by atoms with van der Waals surface area (Å²) in [5.74, 6) is -0.841. The Bertz CT molecular complexity index is 667. The molecule has 0 atom stereocenters. The molecule has 0 saturated heterocycles. The van der Waals surface area contributed by atoms with Crippen molar-refractivity contribution < 1.29 is 19.4 Å². The third kappa shape index (κ3) is 3.39. The summed E-state index contributed by atoms with van der Waals surface area (Å²) in [5, 5.41) is 9.85. The van der Waals surface area contributed by atoms with Gasteiger partial charge in [-0.1, -0.05) is 18.2 Å². The maximum Gasteiger partial charge on any atom is 0.308 e. The lowest BCUT2D eigenvalue weighted by Gasteiger charge is -2.18. The maximum absolute atomic E-state index is 12.4. The van der Waals surface area contributed by atoms with Crippen LogP contribution in [0.15, 0.2) is 48.5 Å². The lowest BCUT2D eigenvalue weighted by molar-refractivity contribution is -0.131. The topological polar surface area (TPSA) is 66.8 Å². The molecule has 21 heavy (non-hydrogen) atoms. The molecule has 108 valence electrons. The van der Waals surface area contributed by atoms with Crippen LogP contribution in [0.3, 0.4) is 0 Å². The Balaban J connectivity index is 2.32. The fourth-order valence-corrected chi connectivity index (χ4v) is 1.87. The standard InChI is InChI=1S/C16H15NO4/c1-11(18)21-13-8-9-15(19)14(10-13)16(20)17(2)12-6-4-3-5-7-12/h3-10,19H,1-2H3. The normalized spacial score (nSPS) is 10.0. The summed E-state index contributed by atoms with van der Waals surface area (Å²) in [6.45, 7) is 1.27. The van der Waals surface area contributed by atoms with Crippen LogP contribution in [-0.2, 0) is 4.79 Å². The van der Waals surface area contributed by atoms with Crippen LogP contribution in [0.5, 0.6) is 11.5 Å². The predicted octanol–water partition coefficient (Wildman–Crippen LogP) is 2.59. The van der Waals surface area contributed by atoms with E-state index in [1.807, 2.05) is 18.2 Å². The van der Waals surface area contributed by atoms with Crippen LogP contribution >= 0.6 is 0 Å². The third-order valence-corrected chi connectivity index (χ3v) is 2.91. The zero-order chi connectivity index (χ0) is 15.4. The van der Waals surface area contributed by atoms with Gasteiger partial charge in [0.15, 0.2) is 0 Å². The minimum Gasteiger partial charge on any atom is -0.507 e. The van der Waals surface area contributed by atoms with E-state index in [-0.39, 0.29) is 17.1 Å². The smallest absolute Gasteiger partial charge is 0.308 e. The van der Waals surface area contributed by atoms with Gasteiger partial charge in [0, 0.05) is 19.7 Å². The van der Waals surface area contributed by atoms with Gasteiger partial charge < -0.3 is 14.7 Å². The second-order valence-corrected chi connectivity index (χ2v) is 4.47. The number of amides is 1. The quantitative estimate of drug-likeness (QED) is 0.695. The summed E-state index contributed by atoms with van der Waals surface area (Å²) < 4.78 is 4.92. The van der Waals surface area contributed by atoms with Gasteiger partial charge >= 0.3 is 5.97 Å². The summed E-state index contributed by atoms with van der Waals surface area (Å²) in [4.78, 5) is 24.8. The molecular weight excluding hydrogens is 270 g/mol. The maximum atomic E-state index is 12.4. The average Bonchev–Trinajstić information content (AvgIpc) is 2.48. The van der Waals surface area contributed by atoms with Gasteiger partial charge in [-0.15, -0.1) is 0 Å². The van der Waals surface area contributed by atoms with Crippen LogP contribution in [0.1, 0.15) is 17.3 Å². The van der Waals surface area contributed by atoms with Crippen molar-refractivity contribution in [3.8, 4) is 11.5 Å². The number of hydrogen-bond acceptors (Lipinski definition) is 4. The van der Waals surface area contributed by atoms with E-state index in [1.165, 1.54) is 30.0 Å². The summed E-state index contributed by atoms with van der Waals surface area (Å²) in [6.07, 6.45) is 0. The zero-order valence-corrected chi connectivity index (χ0v) is 11.7. The Hall–Kier alpha value is -2.82. The number of nitrogens with zero attached hydrogens (tertiary/aromatic N) is 1. The number of phenols is 1. The van der Waals surface area contributed by atoms with Crippen molar-refractivity contribution in [1.29, 1.82) is 0 Å². The lowest BCUT2D eigenvalue weighted by atomic mass is 10.1. The van der Waals surface area contributed by atoms with Gasteiger partial charge in [-0.2, -0.15) is 0 Å². The number of ether oxygens (including phenoxy) is 1. The number of anilines is 1. The van der Waals surface area contributed by atoms with Crippen molar-refractivity contribution in [2.75, 3.05) is 11.9 Å².